The van der Waals surface area contributed by atoms with Crippen molar-refractivity contribution in [2.75, 3.05) is 17.7 Å². The predicted octanol–water partition coefficient (Wildman–Crippen LogP) is 3.68. The zero-order valence-corrected chi connectivity index (χ0v) is 14.9. The normalized spacial score (nSPS) is 10.1. The van der Waals surface area contributed by atoms with Crippen LogP contribution in [0.5, 0.6) is 5.75 Å². The fraction of sp³-hybridized carbons (Fsp3) is 0.100. The summed E-state index contributed by atoms with van der Waals surface area (Å²) in [7, 11) is 1.56. The Morgan fingerprint density at radius 2 is 1.74 bits per heavy atom. The summed E-state index contributed by atoms with van der Waals surface area (Å²) in [6.07, 6.45) is 2.86. The van der Waals surface area contributed by atoms with Crippen LogP contribution < -0.4 is 15.4 Å². The van der Waals surface area contributed by atoms with Crippen molar-refractivity contribution in [3.63, 3.8) is 0 Å². The van der Waals surface area contributed by atoms with Crippen LogP contribution in [0.15, 0.2) is 60.9 Å². The number of ether oxygens (including phenoxy) is 1. The molecule has 0 aliphatic carbocycles. The number of amides is 1. The predicted molar refractivity (Wildman–Crippen MR) is 103 cm³/mol. The van der Waals surface area contributed by atoms with Crippen molar-refractivity contribution in [2.45, 2.75) is 6.92 Å². The molecular weight excluding hydrogens is 344 g/mol. The van der Waals surface area contributed by atoms with Crippen LogP contribution in [0.1, 0.15) is 27.8 Å². The summed E-state index contributed by atoms with van der Waals surface area (Å²) in [5, 5.41) is 5.81. The number of ketones is 1. The van der Waals surface area contributed by atoms with Crippen molar-refractivity contribution >= 4 is 28.9 Å². The second-order valence-electron chi connectivity index (χ2n) is 5.73. The SMILES string of the molecule is COc1cccc(NC(=O)c2cnc(Nc3ccc(C(C)=O)cc3)cn2)c1. The Balaban J connectivity index is 1.65. The van der Waals surface area contributed by atoms with Crippen molar-refractivity contribution in [1.82, 2.24) is 9.97 Å². The van der Waals surface area contributed by atoms with Crippen LogP contribution in [-0.2, 0) is 0 Å². The number of hydrogen-bond acceptors (Lipinski definition) is 6. The zero-order valence-electron chi connectivity index (χ0n) is 14.9. The number of methoxy groups -OCH3 is 1. The first-order chi connectivity index (χ1) is 13.0. The smallest absolute Gasteiger partial charge is 0.275 e. The molecule has 0 atom stereocenters. The molecule has 1 amide bonds. The number of anilines is 3. The molecule has 1 heterocycles. The highest BCUT2D eigenvalue weighted by Crippen LogP contribution is 2.18. The number of carbonyl (C=O) groups excluding carboxylic acids is 2. The molecule has 136 valence electrons. The van der Waals surface area contributed by atoms with E-state index in [4.69, 9.17) is 4.74 Å². The lowest BCUT2D eigenvalue weighted by Gasteiger charge is -2.08. The molecular formula is C20H18N4O3. The molecule has 2 aromatic carbocycles. The fourth-order valence-corrected chi connectivity index (χ4v) is 2.34. The summed E-state index contributed by atoms with van der Waals surface area (Å²) >= 11 is 0. The fourth-order valence-electron chi connectivity index (χ4n) is 2.34. The largest absolute Gasteiger partial charge is 0.497 e. The first-order valence-corrected chi connectivity index (χ1v) is 8.20. The van der Waals surface area contributed by atoms with Crippen LogP contribution in [-0.4, -0.2) is 28.8 Å². The summed E-state index contributed by atoms with van der Waals surface area (Å²) in [5.74, 6) is 0.776. The minimum atomic E-state index is -0.367. The number of aromatic nitrogens is 2. The molecule has 7 nitrogen and oxygen atoms in total. The Morgan fingerprint density at radius 1 is 0.963 bits per heavy atom. The van der Waals surface area contributed by atoms with E-state index in [1.165, 1.54) is 19.3 Å². The minimum Gasteiger partial charge on any atom is -0.497 e. The Kier molecular flexibility index (Phi) is 5.41. The van der Waals surface area contributed by atoms with Crippen molar-refractivity contribution in [3.8, 4) is 5.75 Å². The Bertz CT molecular complexity index is 954. The van der Waals surface area contributed by atoms with E-state index < -0.39 is 0 Å². The number of Topliss-reactive ketones (excluding diaryl/α,β-unsaturated/α-hetero) is 1. The third-order valence-electron chi connectivity index (χ3n) is 3.78. The monoisotopic (exact) mass is 362 g/mol. The Hall–Kier alpha value is -3.74. The maximum atomic E-state index is 12.3. The Labute approximate surface area is 156 Å². The molecule has 0 radical (unpaired) electrons. The molecule has 0 aliphatic heterocycles. The summed E-state index contributed by atoms with van der Waals surface area (Å²) in [5.41, 5.74) is 2.20. The van der Waals surface area contributed by atoms with Crippen molar-refractivity contribution in [3.05, 3.63) is 72.2 Å². The van der Waals surface area contributed by atoms with Crippen molar-refractivity contribution < 1.29 is 14.3 Å². The van der Waals surface area contributed by atoms with E-state index in [2.05, 4.69) is 20.6 Å². The van der Waals surface area contributed by atoms with Crippen LogP contribution in [0.25, 0.3) is 0 Å². The van der Waals surface area contributed by atoms with E-state index in [0.29, 0.717) is 22.8 Å². The highest BCUT2D eigenvalue weighted by Gasteiger charge is 2.09. The van der Waals surface area contributed by atoms with Crippen LogP contribution in [0.4, 0.5) is 17.2 Å². The van der Waals surface area contributed by atoms with Crippen LogP contribution >= 0.6 is 0 Å². The number of nitrogens with zero attached hydrogens (tertiary/aromatic N) is 2. The van der Waals surface area contributed by atoms with E-state index >= 15 is 0 Å². The van der Waals surface area contributed by atoms with E-state index in [0.717, 1.165) is 5.69 Å². The van der Waals surface area contributed by atoms with Gasteiger partial charge in [-0.2, -0.15) is 0 Å². The molecule has 7 heteroatoms. The lowest BCUT2D eigenvalue weighted by molar-refractivity contribution is 0.101. The third kappa shape index (κ3) is 4.66. The van der Waals surface area contributed by atoms with E-state index in [9.17, 15) is 9.59 Å². The van der Waals surface area contributed by atoms with Crippen molar-refractivity contribution in [1.29, 1.82) is 0 Å². The van der Waals surface area contributed by atoms with Gasteiger partial charge in [0.2, 0.25) is 0 Å². The molecule has 27 heavy (non-hydrogen) atoms. The van der Waals surface area contributed by atoms with Gasteiger partial charge < -0.3 is 15.4 Å². The van der Waals surface area contributed by atoms with Gasteiger partial charge >= 0.3 is 0 Å². The molecule has 0 spiro atoms. The number of carbonyl (C=O) groups is 2. The lowest BCUT2D eigenvalue weighted by Crippen LogP contribution is -2.14. The number of rotatable bonds is 6. The molecule has 0 aliphatic rings. The summed E-state index contributed by atoms with van der Waals surface area (Å²) in [4.78, 5) is 31.9. The minimum absolute atomic E-state index is 0.00717. The average Bonchev–Trinajstić information content (AvgIpc) is 2.69. The van der Waals surface area contributed by atoms with Gasteiger partial charge in [0, 0.05) is 23.0 Å². The topological polar surface area (TPSA) is 93.2 Å². The quantitative estimate of drug-likeness (QED) is 0.650. The van der Waals surface area contributed by atoms with Gasteiger partial charge in [0.05, 0.1) is 19.5 Å². The van der Waals surface area contributed by atoms with Gasteiger partial charge in [-0.25, -0.2) is 9.97 Å². The van der Waals surface area contributed by atoms with Crippen LogP contribution in [0.3, 0.4) is 0 Å². The number of hydrogen-bond donors (Lipinski definition) is 2. The molecule has 0 bridgehead atoms. The highest BCUT2D eigenvalue weighted by atomic mass is 16.5. The summed E-state index contributed by atoms with van der Waals surface area (Å²) in [6.45, 7) is 1.52. The van der Waals surface area contributed by atoms with Crippen molar-refractivity contribution in [2.24, 2.45) is 0 Å². The molecule has 3 rings (SSSR count). The lowest BCUT2D eigenvalue weighted by atomic mass is 10.1. The maximum absolute atomic E-state index is 12.3. The van der Waals surface area contributed by atoms with Gasteiger partial charge in [0.15, 0.2) is 5.78 Å². The van der Waals surface area contributed by atoms with Gasteiger partial charge in [0.1, 0.15) is 17.3 Å². The van der Waals surface area contributed by atoms with E-state index in [1.54, 1.807) is 55.6 Å². The standard InChI is InChI=1S/C20H18N4O3/c1-13(25)14-6-8-15(9-7-14)23-19-12-21-18(11-22-19)20(26)24-16-4-3-5-17(10-16)27-2/h3-12H,1-2H3,(H,22,23)(H,24,26). The molecule has 0 saturated carbocycles. The second kappa shape index (κ2) is 8.09. The second-order valence-corrected chi connectivity index (χ2v) is 5.73. The van der Waals surface area contributed by atoms with Crippen LogP contribution in [0, 0.1) is 0 Å². The molecule has 0 saturated heterocycles. The van der Waals surface area contributed by atoms with E-state index in [1.807, 2.05) is 0 Å². The number of nitrogens with one attached hydrogen (secondary N) is 2. The molecule has 1 aromatic heterocycles. The molecule has 0 unspecified atom stereocenters. The third-order valence-corrected chi connectivity index (χ3v) is 3.78. The first kappa shape index (κ1) is 18.1. The molecule has 2 N–H and O–H groups in total. The van der Waals surface area contributed by atoms with Crippen LogP contribution in [0.2, 0.25) is 0 Å². The van der Waals surface area contributed by atoms with Gasteiger partial charge in [-0.05, 0) is 43.3 Å². The van der Waals surface area contributed by atoms with Gasteiger partial charge in [-0.15, -0.1) is 0 Å². The maximum Gasteiger partial charge on any atom is 0.275 e. The average molecular weight is 362 g/mol. The highest BCUT2D eigenvalue weighted by molar-refractivity contribution is 6.02. The molecule has 0 fully saturated rings. The van der Waals surface area contributed by atoms with Gasteiger partial charge in [-0.3, -0.25) is 9.59 Å². The Morgan fingerprint density at radius 3 is 2.37 bits per heavy atom. The molecule has 3 aromatic rings. The number of benzene rings is 2. The summed E-state index contributed by atoms with van der Waals surface area (Å²) in [6, 6.07) is 14.1. The zero-order chi connectivity index (χ0) is 19.2. The van der Waals surface area contributed by atoms with Gasteiger partial charge in [0.25, 0.3) is 5.91 Å². The summed E-state index contributed by atoms with van der Waals surface area (Å²) < 4.78 is 5.13. The van der Waals surface area contributed by atoms with E-state index in [-0.39, 0.29) is 17.4 Å². The first-order valence-electron chi connectivity index (χ1n) is 8.20. The van der Waals surface area contributed by atoms with Gasteiger partial charge in [-0.1, -0.05) is 6.07 Å².